The molecule has 1 aromatic rings. The van der Waals surface area contributed by atoms with Gasteiger partial charge in [0.2, 0.25) is 0 Å². The Labute approximate surface area is 115 Å². The molecule has 4 nitrogen and oxygen atoms in total. The van der Waals surface area contributed by atoms with Gasteiger partial charge in [0.1, 0.15) is 5.75 Å². The Balaban J connectivity index is 3.06. The predicted octanol–water partition coefficient (Wildman–Crippen LogP) is 2.61. The molecule has 1 aromatic heterocycles. The second-order valence-electron chi connectivity index (χ2n) is 3.31. The number of aryl methyl sites for hydroxylation is 1. The van der Waals surface area contributed by atoms with Gasteiger partial charge in [-0.1, -0.05) is 0 Å². The summed E-state index contributed by atoms with van der Waals surface area (Å²) in [7, 11) is 1.19. The van der Waals surface area contributed by atoms with Crippen molar-refractivity contribution in [3.8, 4) is 5.75 Å². The number of esters is 1. The molecule has 0 saturated heterocycles. The quantitative estimate of drug-likeness (QED) is 0.602. The molecule has 0 aliphatic heterocycles. The van der Waals surface area contributed by atoms with Gasteiger partial charge >= 0.3 is 12.3 Å². The zero-order valence-corrected chi connectivity index (χ0v) is 11.6. The first-order chi connectivity index (χ1) is 8.23. The summed E-state index contributed by atoms with van der Waals surface area (Å²) in [6.07, 6.45) is -4.99. The van der Waals surface area contributed by atoms with Crippen molar-refractivity contribution in [2.75, 3.05) is 7.11 Å². The molecule has 0 bridgehead atoms. The van der Waals surface area contributed by atoms with E-state index in [4.69, 9.17) is 0 Å². The van der Waals surface area contributed by atoms with Gasteiger partial charge in [0.15, 0.2) is 0 Å². The number of rotatable bonds is 3. The molecule has 0 unspecified atom stereocenters. The molecule has 100 valence electrons. The van der Waals surface area contributed by atoms with E-state index in [0.29, 0.717) is 5.69 Å². The van der Waals surface area contributed by atoms with Crippen LogP contribution >= 0.6 is 22.6 Å². The van der Waals surface area contributed by atoms with E-state index in [0.717, 1.165) is 6.07 Å². The Hall–Kier alpha value is -1.06. The van der Waals surface area contributed by atoms with Crippen LogP contribution in [0.25, 0.3) is 0 Å². The third-order valence-electron chi connectivity index (χ3n) is 1.92. The molecule has 0 aliphatic carbocycles. The third kappa shape index (κ3) is 4.31. The molecule has 0 N–H and O–H groups in total. The minimum atomic E-state index is -4.78. The molecule has 0 amide bonds. The van der Waals surface area contributed by atoms with Gasteiger partial charge in [-0.25, -0.2) is 0 Å². The number of hydrogen-bond donors (Lipinski definition) is 0. The largest absolute Gasteiger partial charge is 0.573 e. The fourth-order valence-electron chi connectivity index (χ4n) is 1.20. The summed E-state index contributed by atoms with van der Waals surface area (Å²) in [6, 6.07) is 1.08. The number of hydrogen-bond acceptors (Lipinski definition) is 4. The number of alkyl halides is 3. The molecule has 0 saturated carbocycles. The van der Waals surface area contributed by atoms with Crippen molar-refractivity contribution in [3.05, 3.63) is 21.0 Å². The van der Waals surface area contributed by atoms with Gasteiger partial charge in [0.05, 0.1) is 28.5 Å². The van der Waals surface area contributed by atoms with E-state index in [9.17, 15) is 18.0 Å². The Kier molecular flexibility index (Phi) is 4.77. The molecule has 0 radical (unpaired) electrons. The van der Waals surface area contributed by atoms with Crippen LogP contribution in [0, 0.1) is 10.5 Å². The predicted molar refractivity (Wildman–Crippen MR) is 64.1 cm³/mol. The van der Waals surface area contributed by atoms with Gasteiger partial charge in [-0.05, 0) is 29.5 Å². The minimum Gasteiger partial charge on any atom is -0.469 e. The summed E-state index contributed by atoms with van der Waals surface area (Å²) in [5, 5.41) is 0. The molecule has 0 spiro atoms. The van der Waals surface area contributed by atoms with Crippen LogP contribution in [0.2, 0.25) is 0 Å². The van der Waals surface area contributed by atoms with E-state index in [1.807, 2.05) is 0 Å². The average molecular weight is 375 g/mol. The molecule has 0 aliphatic rings. The molecule has 0 atom stereocenters. The summed E-state index contributed by atoms with van der Waals surface area (Å²) in [5.74, 6) is -0.949. The summed E-state index contributed by atoms with van der Waals surface area (Å²) in [4.78, 5) is 15.0. The van der Waals surface area contributed by atoms with Gasteiger partial charge < -0.3 is 9.47 Å². The van der Waals surface area contributed by atoms with Crippen LogP contribution in [0.3, 0.4) is 0 Å². The standard InChI is InChI=1S/C10H9F3INO3/c1-5-9(14)7(18-10(11,12)13)3-6(15-5)4-8(16)17-2/h3H,4H2,1-2H3. The normalized spacial score (nSPS) is 11.2. The number of ether oxygens (including phenoxy) is 2. The summed E-state index contributed by atoms with van der Waals surface area (Å²) >= 11 is 1.70. The number of aromatic nitrogens is 1. The number of methoxy groups -OCH3 is 1. The SMILES string of the molecule is COC(=O)Cc1cc(OC(F)(F)F)c(I)c(C)n1. The first-order valence-corrected chi connectivity index (χ1v) is 5.79. The molecule has 8 heteroatoms. The lowest BCUT2D eigenvalue weighted by atomic mass is 10.2. The Bertz CT molecular complexity index is 462. The van der Waals surface area contributed by atoms with Crippen LogP contribution in [0.5, 0.6) is 5.75 Å². The molecule has 1 heterocycles. The first-order valence-electron chi connectivity index (χ1n) is 4.71. The average Bonchev–Trinajstić information content (AvgIpc) is 2.23. The molecule has 0 fully saturated rings. The summed E-state index contributed by atoms with van der Waals surface area (Å²) in [5.41, 5.74) is 0.523. The van der Waals surface area contributed by atoms with Gasteiger partial charge in [0, 0.05) is 6.07 Å². The van der Waals surface area contributed by atoms with Gasteiger partial charge in [-0.15, -0.1) is 13.2 Å². The smallest absolute Gasteiger partial charge is 0.469 e. The Morgan fingerprint density at radius 1 is 1.50 bits per heavy atom. The Morgan fingerprint density at radius 2 is 2.11 bits per heavy atom. The van der Waals surface area contributed by atoms with Crippen LogP contribution in [0.15, 0.2) is 6.07 Å². The van der Waals surface area contributed by atoms with E-state index in [2.05, 4.69) is 14.5 Å². The Morgan fingerprint density at radius 3 is 2.61 bits per heavy atom. The highest BCUT2D eigenvalue weighted by molar-refractivity contribution is 14.1. The first kappa shape index (κ1) is 15.0. The van der Waals surface area contributed by atoms with Gasteiger partial charge in [-0.2, -0.15) is 0 Å². The van der Waals surface area contributed by atoms with Crippen molar-refractivity contribution in [2.24, 2.45) is 0 Å². The maximum absolute atomic E-state index is 12.2. The fraction of sp³-hybridized carbons (Fsp3) is 0.400. The van der Waals surface area contributed by atoms with Crippen LogP contribution in [-0.2, 0) is 16.0 Å². The zero-order chi connectivity index (χ0) is 13.9. The maximum atomic E-state index is 12.2. The van der Waals surface area contributed by atoms with Crippen molar-refractivity contribution in [2.45, 2.75) is 19.7 Å². The van der Waals surface area contributed by atoms with Crippen LogP contribution in [-0.4, -0.2) is 24.4 Å². The highest BCUT2D eigenvalue weighted by Gasteiger charge is 2.32. The van der Waals surface area contributed by atoms with Crippen molar-refractivity contribution < 1.29 is 27.4 Å². The van der Waals surface area contributed by atoms with E-state index in [-0.39, 0.29) is 21.4 Å². The molecule has 18 heavy (non-hydrogen) atoms. The number of nitrogens with zero attached hydrogens (tertiary/aromatic N) is 1. The number of carbonyl (C=O) groups is 1. The lowest BCUT2D eigenvalue weighted by Crippen LogP contribution is -2.19. The van der Waals surface area contributed by atoms with Gasteiger partial charge in [0.25, 0.3) is 0 Å². The monoisotopic (exact) mass is 375 g/mol. The number of carbonyl (C=O) groups excluding carboxylic acids is 1. The van der Waals surface area contributed by atoms with Crippen LogP contribution in [0.4, 0.5) is 13.2 Å². The molecule has 0 aromatic carbocycles. The highest BCUT2D eigenvalue weighted by atomic mass is 127. The van der Waals surface area contributed by atoms with Crippen molar-refractivity contribution >= 4 is 28.6 Å². The summed E-state index contributed by atoms with van der Waals surface area (Å²) in [6.45, 7) is 1.53. The van der Waals surface area contributed by atoms with E-state index in [1.54, 1.807) is 22.6 Å². The van der Waals surface area contributed by atoms with Crippen LogP contribution in [0.1, 0.15) is 11.4 Å². The topological polar surface area (TPSA) is 48.4 Å². The van der Waals surface area contributed by atoms with Crippen molar-refractivity contribution in [1.29, 1.82) is 0 Å². The number of pyridine rings is 1. The molecule has 1 rings (SSSR count). The van der Waals surface area contributed by atoms with E-state index < -0.39 is 12.3 Å². The van der Waals surface area contributed by atoms with Crippen molar-refractivity contribution in [1.82, 2.24) is 4.98 Å². The molecular weight excluding hydrogens is 366 g/mol. The van der Waals surface area contributed by atoms with Gasteiger partial charge in [-0.3, -0.25) is 9.78 Å². The maximum Gasteiger partial charge on any atom is 0.573 e. The minimum absolute atomic E-state index is 0.166. The fourth-order valence-corrected chi connectivity index (χ4v) is 1.59. The van der Waals surface area contributed by atoms with Crippen LogP contribution < -0.4 is 4.74 Å². The zero-order valence-electron chi connectivity index (χ0n) is 9.47. The lowest BCUT2D eigenvalue weighted by Gasteiger charge is -2.13. The third-order valence-corrected chi connectivity index (χ3v) is 3.23. The van der Waals surface area contributed by atoms with E-state index in [1.165, 1.54) is 14.0 Å². The lowest BCUT2D eigenvalue weighted by molar-refractivity contribution is -0.275. The molecular formula is C10H9F3INO3. The second kappa shape index (κ2) is 5.72. The summed E-state index contributed by atoms with van der Waals surface area (Å²) < 4.78 is 45.1. The second-order valence-corrected chi connectivity index (χ2v) is 4.39. The number of halogens is 4. The highest BCUT2D eigenvalue weighted by Crippen LogP contribution is 2.29. The van der Waals surface area contributed by atoms with Crippen molar-refractivity contribution in [3.63, 3.8) is 0 Å². The van der Waals surface area contributed by atoms with E-state index >= 15 is 0 Å².